The minimum absolute atomic E-state index is 0. The van der Waals surface area contributed by atoms with E-state index in [9.17, 15) is 10.1 Å². The molecule has 0 aliphatic heterocycles. The van der Waals surface area contributed by atoms with E-state index in [1.807, 2.05) is 19.3 Å². The van der Waals surface area contributed by atoms with Gasteiger partial charge in [0.15, 0.2) is 0 Å². The van der Waals surface area contributed by atoms with E-state index in [4.69, 9.17) is 11.6 Å². The summed E-state index contributed by atoms with van der Waals surface area (Å²) in [7, 11) is 2.01. The van der Waals surface area contributed by atoms with E-state index in [2.05, 4.69) is 21.3 Å². The SMILES string of the molecule is Cl.Cn1cccc1CNCCNc1ccc([N+](=O)[O-])cc1Cl. The van der Waals surface area contributed by atoms with E-state index in [0.717, 1.165) is 13.1 Å². The molecule has 2 aromatic rings. The first-order chi connectivity index (χ1) is 10.1. The lowest BCUT2D eigenvalue weighted by Gasteiger charge is -2.09. The number of hydrogen-bond acceptors (Lipinski definition) is 4. The Labute approximate surface area is 140 Å². The average molecular weight is 345 g/mol. The van der Waals surface area contributed by atoms with Gasteiger partial charge in [-0.05, 0) is 18.2 Å². The van der Waals surface area contributed by atoms with E-state index in [-0.39, 0.29) is 18.1 Å². The second-order valence-electron chi connectivity index (χ2n) is 4.64. The van der Waals surface area contributed by atoms with Gasteiger partial charge >= 0.3 is 0 Å². The Balaban J connectivity index is 0.00000242. The fourth-order valence-electron chi connectivity index (χ4n) is 1.94. The van der Waals surface area contributed by atoms with Gasteiger partial charge in [0.25, 0.3) is 5.69 Å². The van der Waals surface area contributed by atoms with E-state index in [1.54, 1.807) is 6.07 Å². The van der Waals surface area contributed by atoms with E-state index in [1.165, 1.54) is 17.8 Å². The molecule has 0 fully saturated rings. The van der Waals surface area contributed by atoms with Crippen molar-refractivity contribution in [1.29, 1.82) is 0 Å². The fourth-order valence-corrected chi connectivity index (χ4v) is 2.18. The van der Waals surface area contributed by atoms with Crippen LogP contribution in [0.5, 0.6) is 0 Å². The molecule has 22 heavy (non-hydrogen) atoms. The van der Waals surface area contributed by atoms with Crippen molar-refractivity contribution in [2.24, 2.45) is 7.05 Å². The van der Waals surface area contributed by atoms with Gasteiger partial charge in [0.1, 0.15) is 0 Å². The quantitative estimate of drug-likeness (QED) is 0.459. The molecule has 8 heteroatoms. The smallest absolute Gasteiger partial charge is 0.271 e. The summed E-state index contributed by atoms with van der Waals surface area (Å²) in [6, 6.07) is 8.48. The van der Waals surface area contributed by atoms with Crippen LogP contribution in [0.2, 0.25) is 5.02 Å². The van der Waals surface area contributed by atoms with Gasteiger partial charge in [-0.2, -0.15) is 0 Å². The molecule has 0 radical (unpaired) electrons. The maximum atomic E-state index is 10.6. The molecule has 0 atom stereocenters. The van der Waals surface area contributed by atoms with Crippen molar-refractivity contribution in [3.8, 4) is 0 Å². The second kappa shape index (κ2) is 8.63. The van der Waals surface area contributed by atoms with Crippen molar-refractivity contribution in [2.75, 3.05) is 18.4 Å². The summed E-state index contributed by atoms with van der Waals surface area (Å²) in [4.78, 5) is 10.2. The molecule has 1 aromatic carbocycles. The molecule has 2 rings (SSSR count). The van der Waals surface area contributed by atoms with Gasteiger partial charge < -0.3 is 15.2 Å². The summed E-state index contributed by atoms with van der Waals surface area (Å²) in [5.74, 6) is 0. The summed E-state index contributed by atoms with van der Waals surface area (Å²) in [5, 5.41) is 17.4. The largest absolute Gasteiger partial charge is 0.383 e. The van der Waals surface area contributed by atoms with Crippen LogP contribution in [0.4, 0.5) is 11.4 Å². The Hall–Kier alpha value is -1.76. The molecular weight excluding hydrogens is 327 g/mol. The Morgan fingerprint density at radius 3 is 2.68 bits per heavy atom. The van der Waals surface area contributed by atoms with E-state index in [0.29, 0.717) is 17.3 Å². The zero-order chi connectivity index (χ0) is 15.2. The average Bonchev–Trinajstić information content (AvgIpc) is 2.85. The van der Waals surface area contributed by atoms with Crippen molar-refractivity contribution in [3.05, 3.63) is 57.4 Å². The molecule has 0 unspecified atom stereocenters. The van der Waals surface area contributed by atoms with Crippen LogP contribution >= 0.6 is 24.0 Å². The van der Waals surface area contributed by atoms with Crippen molar-refractivity contribution in [1.82, 2.24) is 9.88 Å². The number of rotatable bonds is 7. The van der Waals surface area contributed by atoms with Gasteiger partial charge in [0.2, 0.25) is 0 Å². The van der Waals surface area contributed by atoms with Gasteiger partial charge in [-0.1, -0.05) is 11.6 Å². The van der Waals surface area contributed by atoms with Crippen molar-refractivity contribution < 1.29 is 4.92 Å². The summed E-state index contributed by atoms with van der Waals surface area (Å²) in [5.41, 5.74) is 1.90. The molecule has 1 aromatic heterocycles. The molecule has 0 saturated carbocycles. The third-order valence-electron chi connectivity index (χ3n) is 3.14. The predicted molar refractivity (Wildman–Crippen MR) is 91.0 cm³/mol. The molecule has 6 nitrogen and oxygen atoms in total. The van der Waals surface area contributed by atoms with Gasteiger partial charge in [-0.25, -0.2) is 0 Å². The standard InChI is InChI=1S/C14H17ClN4O2.ClH/c1-18-8-2-3-12(18)10-16-6-7-17-14-5-4-11(19(20)21)9-13(14)15;/h2-5,8-9,16-17H,6-7,10H2,1H3;1H. The predicted octanol–water partition coefficient (Wildman–Crippen LogP) is 3.21. The van der Waals surface area contributed by atoms with Gasteiger partial charge in [-0.15, -0.1) is 12.4 Å². The number of aryl methyl sites for hydroxylation is 1. The van der Waals surface area contributed by atoms with Crippen LogP contribution in [0.1, 0.15) is 5.69 Å². The minimum atomic E-state index is -0.461. The summed E-state index contributed by atoms with van der Waals surface area (Å²) in [6.07, 6.45) is 2.01. The maximum Gasteiger partial charge on any atom is 0.271 e. The molecule has 0 bridgehead atoms. The van der Waals surface area contributed by atoms with Crippen molar-refractivity contribution in [2.45, 2.75) is 6.54 Å². The Kier molecular flexibility index (Phi) is 7.17. The molecule has 1 heterocycles. The lowest BCUT2D eigenvalue weighted by molar-refractivity contribution is -0.384. The number of non-ortho nitro benzene ring substituents is 1. The zero-order valence-corrected chi connectivity index (χ0v) is 13.7. The molecule has 120 valence electrons. The molecule has 0 aliphatic rings. The first kappa shape index (κ1) is 18.3. The molecule has 0 spiro atoms. The topological polar surface area (TPSA) is 72.1 Å². The number of halogens is 2. The third kappa shape index (κ3) is 4.91. The molecule has 2 N–H and O–H groups in total. The number of nitro groups is 1. The highest BCUT2D eigenvalue weighted by atomic mass is 35.5. The number of aromatic nitrogens is 1. The van der Waals surface area contributed by atoms with Gasteiger partial charge in [0, 0.05) is 50.7 Å². The summed E-state index contributed by atoms with van der Waals surface area (Å²) < 4.78 is 2.06. The Morgan fingerprint density at radius 1 is 1.32 bits per heavy atom. The number of hydrogen-bond donors (Lipinski definition) is 2. The molecule has 0 amide bonds. The van der Waals surface area contributed by atoms with Gasteiger partial charge in [-0.3, -0.25) is 10.1 Å². The Bertz CT molecular complexity index is 631. The van der Waals surface area contributed by atoms with Crippen LogP contribution in [0.15, 0.2) is 36.5 Å². The minimum Gasteiger partial charge on any atom is -0.383 e. The van der Waals surface area contributed by atoms with Gasteiger partial charge in [0.05, 0.1) is 15.6 Å². The number of benzene rings is 1. The van der Waals surface area contributed by atoms with E-state index >= 15 is 0 Å². The molecule has 0 saturated heterocycles. The first-order valence-electron chi connectivity index (χ1n) is 6.56. The van der Waals surface area contributed by atoms with Crippen LogP contribution < -0.4 is 10.6 Å². The lowest BCUT2D eigenvalue weighted by atomic mass is 10.3. The fraction of sp³-hybridized carbons (Fsp3) is 0.286. The summed E-state index contributed by atoms with van der Waals surface area (Å²) >= 11 is 6.00. The number of anilines is 1. The highest BCUT2D eigenvalue weighted by Crippen LogP contribution is 2.26. The second-order valence-corrected chi connectivity index (χ2v) is 5.04. The number of nitrogens with one attached hydrogen (secondary N) is 2. The van der Waals surface area contributed by atoms with Crippen LogP contribution in [-0.4, -0.2) is 22.6 Å². The maximum absolute atomic E-state index is 10.6. The normalized spacial score (nSPS) is 10.1. The highest BCUT2D eigenvalue weighted by Gasteiger charge is 2.08. The number of nitro benzene ring substituents is 1. The Morgan fingerprint density at radius 2 is 2.09 bits per heavy atom. The van der Waals surface area contributed by atoms with Crippen LogP contribution in [0, 0.1) is 10.1 Å². The van der Waals surface area contributed by atoms with Crippen LogP contribution in [-0.2, 0) is 13.6 Å². The van der Waals surface area contributed by atoms with E-state index < -0.39 is 4.92 Å². The third-order valence-corrected chi connectivity index (χ3v) is 3.45. The van der Waals surface area contributed by atoms with Crippen LogP contribution in [0.25, 0.3) is 0 Å². The zero-order valence-electron chi connectivity index (χ0n) is 12.1. The number of nitrogens with zero attached hydrogens (tertiary/aromatic N) is 2. The molecular formula is C14H18Cl2N4O2. The first-order valence-corrected chi connectivity index (χ1v) is 6.94. The van der Waals surface area contributed by atoms with Crippen molar-refractivity contribution in [3.63, 3.8) is 0 Å². The monoisotopic (exact) mass is 344 g/mol. The highest BCUT2D eigenvalue weighted by molar-refractivity contribution is 6.33. The summed E-state index contributed by atoms with van der Waals surface area (Å²) in [6.45, 7) is 2.24. The van der Waals surface area contributed by atoms with Crippen LogP contribution in [0.3, 0.4) is 0 Å². The lowest BCUT2D eigenvalue weighted by Crippen LogP contribution is -2.22. The van der Waals surface area contributed by atoms with Crippen molar-refractivity contribution >= 4 is 35.4 Å². The molecule has 0 aliphatic carbocycles.